The number of fused-ring (bicyclic) bond motifs is 3. The molecule has 1 saturated heterocycles. The monoisotopic (exact) mass is 455 g/mol. The van der Waals surface area contributed by atoms with Crippen molar-refractivity contribution in [3.8, 4) is 0 Å². The molecule has 5 rings (SSSR count). The van der Waals surface area contributed by atoms with Gasteiger partial charge in [0, 0.05) is 13.1 Å². The first kappa shape index (κ1) is 20.4. The van der Waals surface area contributed by atoms with Gasteiger partial charge in [-0.05, 0) is 53.8 Å². The number of hydrogen-bond acceptors (Lipinski definition) is 7. The molecule has 1 aliphatic heterocycles. The van der Waals surface area contributed by atoms with Crippen LogP contribution in [0.25, 0.3) is 15.9 Å². The highest BCUT2D eigenvalue weighted by Gasteiger charge is 2.29. The van der Waals surface area contributed by atoms with Crippen molar-refractivity contribution < 1.29 is 8.42 Å². The molecule has 31 heavy (non-hydrogen) atoms. The second-order valence-corrected chi connectivity index (χ2v) is 11.4. The van der Waals surface area contributed by atoms with Crippen molar-refractivity contribution in [1.82, 2.24) is 19.8 Å². The molecular weight excluding hydrogens is 430 g/mol. The fraction of sp³-hybridized carbons (Fsp3) is 0.409. The number of sulfone groups is 1. The van der Waals surface area contributed by atoms with Crippen LogP contribution < -0.4 is 4.90 Å². The molecule has 3 aromatic heterocycles. The highest BCUT2D eigenvalue weighted by Crippen LogP contribution is 2.35. The van der Waals surface area contributed by atoms with Gasteiger partial charge in [-0.25, -0.2) is 13.4 Å². The van der Waals surface area contributed by atoms with E-state index < -0.39 is 9.84 Å². The highest BCUT2D eigenvalue weighted by molar-refractivity contribution is 7.91. The standard InChI is InChI=1S/C22H25N5O2S2/c1-14(2)16-6-8-17(9-7-16)31(28,29)22-21-23-20(26-11-4-5-15(3)13-26)19-18(10-12-30-19)27(21)25-24-22/h6-10,12,14-15H,4-5,11,13H2,1-3H3/t15-/m1/s1. The lowest BCUT2D eigenvalue weighted by atomic mass is 10.0. The third-order valence-corrected chi connectivity index (χ3v) is 8.54. The molecule has 1 aliphatic rings. The molecule has 0 N–H and O–H groups in total. The summed E-state index contributed by atoms with van der Waals surface area (Å²) in [5.74, 6) is 1.74. The van der Waals surface area contributed by atoms with Gasteiger partial charge < -0.3 is 4.90 Å². The van der Waals surface area contributed by atoms with Crippen molar-refractivity contribution >= 4 is 42.9 Å². The number of piperidine rings is 1. The molecule has 0 unspecified atom stereocenters. The Kier molecular flexibility index (Phi) is 4.97. The summed E-state index contributed by atoms with van der Waals surface area (Å²) < 4.78 is 29.4. The minimum atomic E-state index is -3.85. The quantitative estimate of drug-likeness (QED) is 0.450. The molecule has 0 saturated carbocycles. The Hall–Kier alpha value is -2.52. The lowest BCUT2D eigenvalue weighted by Crippen LogP contribution is -2.35. The van der Waals surface area contributed by atoms with Crippen LogP contribution in [-0.4, -0.2) is 41.3 Å². The maximum absolute atomic E-state index is 13.4. The Morgan fingerprint density at radius 3 is 2.65 bits per heavy atom. The van der Waals surface area contributed by atoms with Gasteiger partial charge in [0.25, 0.3) is 0 Å². The number of benzene rings is 1. The molecular formula is C22H25N5O2S2. The Bertz CT molecular complexity index is 1360. The van der Waals surface area contributed by atoms with E-state index in [0.29, 0.717) is 11.8 Å². The van der Waals surface area contributed by atoms with Gasteiger partial charge in [-0.2, -0.15) is 4.52 Å². The number of aromatic nitrogens is 4. The molecule has 9 heteroatoms. The minimum absolute atomic E-state index is 0.0933. The maximum Gasteiger partial charge on any atom is 0.229 e. The first-order valence-electron chi connectivity index (χ1n) is 10.6. The molecule has 162 valence electrons. The molecule has 1 aromatic carbocycles. The van der Waals surface area contributed by atoms with Gasteiger partial charge in [0.05, 0.1) is 15.1 Å². The van der Waals surface area contributed by atoms with Crippen molar-refractivity contribution in [2.24, 2.45) is 5.92 Å². The smallest absolute Gasteiger partial charge is 0.229 e. The van der Waals surface area contributed by atoms with Crippen LogP contribution in [0.2, 0.25) is 0 Å². The Morgan fingerprint density at radius 2 is 1.94 bits per heavy atom. The predicted octanol–water partition coefficient (Wildman–Crippen LogP) is 4.53. The lowest BCUT2D eigenvalue weighted by molar-refractivity contribution is 0.445. The lowest BCUT2D eigenvalue weighted by Gasteiger charge is -2.32. The van der Waals surface area contributed by atoms with Gasteiger partial charge in [0.15, 0.2) is 11.5 Å². The van der Waals surface area contributed by atoms with Gasteiger partial charge >= 0.3 is 0 Å². The van der Waals surface area contributed by atoms with E-state index in [4.69, 9.17) is 4.98 Å². The fourth-order valence-electron chi connectivity index (χ4n) is 4.22. The third kappa shape index (κ3) is 3.40. The second-order valence-electron chi connectivity index (χ2n) is 8.62. The number of nitrogens with zero attached hydrogens (tertiary/aromatic N) is 5. The molecule has 0 spiro atoms. The van der Waals surface area contributed by atoms with Crippen LogP contribution in [0, 0.1) is 5.92 Å². The topological polar surface area (TPSA) is 80.5 Å². The van der Waals surface area contributed by atoms with Crippen molar-refractivity contribution in [2.75, 3.05) is 18.0 Å². The molecule has 0 radical (unpaired) electrons. The zero-order chi connectivity index (χ0) is 21.8. The third-order valence-electron chi connectivity index (χ3n) is 5.97. The zero-order valence-electron chi connectivity index (χ0n) is 17.8. The molecule has 1 fully saturated rings. The van der Waals surface area contributed by atoms with Crippen LogP contribution in [-0.2, 0) is 9.84 Å². The number of thiophene rings is 1. The molecule has 4 heterocycles. The summed E-state index contributed by atoms with van der Waals surface area (Å²) in [5, 5.41) is 10.1. The average molecular weight is 456 g/mol. The van der Waals surface area contributed by atoms with Crippen LogP contribution in [0.1, 0.15) is 45.1 Å². The van der Waals surface area contributed by atoms with Gasteiger partial charge in [-0.3, -0.25) is 0 Å². The van der Waals surface area contributed by atoms with E-state index in [0.717, 1.165) is 41.1 Å². The molecule has 7 nitrogen and oxygen atoms in total. The van der Waals surface area contributed by atoms with Crippen LogP contribution >= 0.6 is 11.3 Å². The first-order chi connectivity index (χ1) is 14.9. The van der Waals surface area contributed by atoms with Crippen molar-refractivity contribution in [3.63, 3.8) is 0 Å². The zero-order valence-corrected chi connectivity index (χ0v) is 19.4. The van der Waals surface area contributed by atoms with E-state index in [2.05, 4.69) is 36.0 Å². The Morgan fingerprint density at radius 1 is 1.16 bits per heavy atom. The van der Waals surface area contributed by atoms with Crippen molar-refractivity contribution in [3.05, 3.63) is 41.3 Å². The van der Waals surface area contributed by atoms with Gasteiger partial charge in [0.1, 0.15) is 0 Å². The average Bonchev–Trinajstić information content (AvgIpc) is 3.40. The molecule has 4 aromatic rings. The summed E-state index contributed by atoms with van der Waals surface area (Å²) in [5.41, 5.74) is 2.21. The second kappa shape index (κ2) is 7.56. The van der Waals surface area contributed by atoms with Gasteiger partial charge in [-0.15, -0.1) is 16.4 Å². The normalized spacial score (nSPS) is 17.8. The number of rotatable bonds is 4. The summed E-state index contributed by atoms with van der Waals surface area (Å²) in [6.07, 6.45) is 2.30. The summed E-state index contributed by atoms with van der Waals surface area (Å²) >= 11 is 1.60. The Balaban J connectivity index is 1.67. The summed E-state index contributed by atoms with van der Waals surface area (Å²) in [6.45, 7) is 8.23. The van der Waals surface area contributed by atoms with E-state index in [9.17, 15) is 8.42 Å². The maximum atomic E-state index is 13.4. The number of anilines is 1. The van der Waals surface area contributed by atoms with E-state index >= 15 is 0 Å². The Labute approximate surface area is 185 Å². The molecule has 0 aliphatic carbocycles. The SMILES string of the molecule is CC(C)c1ccc(S(=O)(=O)c2nnn3c2nc(N2CCC[C@@H](C)C2)c2sccc23)cc1. The van der Waals surface area contributed by atoms with Crippen LogP contribution in [0.3, 0.4) is 0 Å². The van der Waals surface area contributed by atoms with Gasteiger partial charge in [-0.1, -0.05) is 38.1 Å². The van der Waals surface area contributed by atoms with E-state index in [-0.39, 0.29) is 15.6 Å². The minimum Gasteiger partial charge on any atom is -0.355 e. The van der Waals surface area contributed by atoms with Crippen LogP contribution in [0.15, 0.2) is 45.6 Å². The van der Waals surface area contributed by atoms with Crippen LogP contribution in [0.5, 0.6) is 0 Å². The summed E-state index contributed by atoms with van der Waals surface area (Å²) in [7, 11) is -3.85. The molecule has 0 bridgehead atoms. The van der Waals surface area contributed by atoms with E-state index in [1.165, 1.54) is 6.42 Å². The largest absolute Gasteiger partial charge is 0.355 e. The van der Waals surface area contributed by atoms with E-state index in [1.807, 2.05) is 23.6 Å². The fourth-order valence-corrected chi connectivity index (χ4v) is 6.34. The number of hydrogen-bond donors (Lipinski definition) is 0. The highest BCUT2D eigenvalue weighted by atomic mass is 32.2. The van der Waals surface area contributed by atoms with Crippen molar-refractivity contribution in [2.45, 2.75) is 49.5 Å². The summed E-state index contributed by atoms with van der Waals surface area (Å²) in [6, 6.07) is 8.95. The van der Waals surface area contributed by atoms with Crippen LogP contribution in [0.4, 0.5) is 5.82 Å². The first-order valence-corrected chi connectivity index (χ1v) is 12.9. The molecule has 1 atom stereocenters. The van der Waals surface area contributed by atoms with Crippen molar-refractivity contribution in [1.29, 1.82) is 0 Å². The van der Waals surface area contributed by atoms with E-state index in [1.54, 1.807) is 28.0 Å². The summed E-state index contributed by atoms with van der Waals surface area (Å²) in [4.78, 5) is 7.31. The molecule has 0 amide bonds. The predicted molar refractivity (Wildman–Crippen MR) is 123 cm³/mol. The van der Waals surface area contributed by atoms with Gasteiger partial charge in [0.2, 0.25) is 14.9 Å².